The molecule has 9 nitrogen and oxygen atoms in total. The van der Waals surface area contributed by atoms with Crippen molar-refractivity contribution in [2.75, 3.05) is 44.4 Å². The standard InChI is InChI=1S/C18H19N5O4/c24-17(23-7-5-22(6-8-23)16-10-19-3-4-20-16)11-21-18(25)13-1-2-14-15(9-13)27-12-26-14/h1-4,9-10H,5-8,11-12H2,(H,21,25). The van der Waals surface area contributed by atoms with Gasteiger partial charge in [-0.2, -0.15) is 0 Å². The van der Waals surface area contributed by atoms with Gasteiger partial charge in [-0.25, -0.2) is 4.98 Å². The number of nitrogens with one attached hydrogen (secondary N) is 1. The highest BCUT2D eigenvalue weighted by Gasteiger charge is 2.23. The van der Waals surface area contributed by atoms with Gasteiger partial charge in [0.1, 0.15) is 5.82 Å². The molecule has 4 rings (SSSR count). The molecule has 0 bridgehead atoms. The van der Waals surface area contributed by atoms with Crippen LogP contribution in [0.15, 0.2) is 36.8 Å². The van der Waals surface area contributed by atoms with Crippen LogP contribution in [0.2, 0.25) is 0 Å². The third-order valence-electron chi connectivity index (χ3n) is 4.54. The third kappa shape index (κ3) is 3.76. The molecule has 2 aliphatic rings. The maximum Gasteiger partial charge on any atom is 0.251 e. The van der Waals surface area contributed by atoms with E-state index in [0.29, 0.717) is 43.2 Å². The van der Waals surface area contributed by atoms with Crippen LogP contribution >= 0.6 is 0 Å². The Labute approximate surface area is 155 Å². The van der Waals surface area contributed by atoms with E-state index in [0.717, 1.165) is 5.82 Å². The van der Waals surface area contributed by atoms with Crippen LogP contribution in [0.4, 0.5) is 5.82 Å². The molecule has 0 saturated carbocycles. The number of piperazine rings is 1. The minimum absolute atomic E-state index is 0.0432. The van der Waals surface area contributed by atoms with Gasteiger partial charge >= 0.3 is 0 Å². The lowest BCUT2D eigenvalue weighted by atomic mass is 10.2. The van der Waals surface area contributed by atoms with Crippen molar-refractivity contribution in [3.05, 3.63) is 42.4 Å². The molecule has 1 aromatic heterocycles. The molecule has 1 saturated heterocycles. The maximum absolute atomic E-state index is 12.4. The molecule has 9 heteroatoms. The number of nitrogens with zero attached hydrogens (tertiary/aromatic N) is 4. The van der Waals surface area contributed by atoms with Gasteiger partial charge in [0.2, 0.25) is 12.7 Å². The van der Waals surface area contributed by atoms with Gasteiger partial charge in [-0.3, -0.25) is 14.6 Å². The first-order chi connectivity index (χ1) is 13.2. The summed E-state index contributed by atoms with van der Waals surface area (Å²) in [7, 11) is 0. The Morgan fingerprint density at radius 2 is 1.89 bits per heavy atom. The van der Waals surface area contributed by atoms with Gasteiger partial charge in [-0.15, -0.1) is 0 Å². The lowest BCUT2D eigenvalue weighted by molar-refractivity contribution is -0.130. The van der Waals surface area contributed by atoms with Crippen molar-refractivity contribution >= 4 is 17.6 Å². The van der Waals surface area contributed by atoms with Gasteiger partial charge in [-0.05, 0) is 18.2 Å². The van der Waals surface area contributed by atoms with Crippen LogP contribution in [-0.2, 0) is 4.79 Å². The lowest BCUT2D eigenvalue weighted by Gasteiger charge is -2.35. The second-order valence-electron chi connectivity index (χ2n) is 6.18. The second kappa shape index (κ2) is 7.48. The monoisotopic (exact) mass is 369 g/mol. The normalized spacial score (nSPS) is 15.6. The number of hydrogen-bond acceptors (Lipinski definition) is 7. The number of hydrogen-bond donors (Lipinski definition) is 1. The fraction of sp³-hybridized carbons (Fsp3) is 0.333. The van der Waals surface area contributed by atoms with Crippen LogP contribution in [-0.4, -0.2) is 66.2 Å². The minimum atomic E-state index is -0.320. The Bertz CT molecular complexity index is 837. The number of ether oxygens (including phenoxy) is 2. The Morgan fingerprint density at radius 3 is 2.67 bits per heavy atom. The molecule has 2 amide bonds. The lowest BCUT2D eigenvalue weighted by Crippen LogP contribution is -2.51. The summed E-state index contributed by atoms with van der Waals surface area (Å²) < 4.78 is 10.5. The van der Waals surface area contributed by atoms with Crippen molar-refractivity contribution in [2.45, 2.75) is 0 Å². The molecule has 0 unspecified atom stereocenters. The summed E-state index contributed by atoms with van der Waals surface area (Å²) in [5.74, 6) is 1.53. The SMILES string of the molecule is O=C(NCC(=O)N1CCN(c2cnccn2)CC1)c1ccc2c(c1)OCO2. The number of amides is 2. The molecule has 2 aromatic rings. The number of carbonyl (C=O) groups is 2. The Balaban J connectivity index is 1.27. The summed E-state index contributed by atoms with van der Waals surface area (Å²) in [6, 6.07) is 4.94. The zero-order chi connectivity index (χ0) is 18.6. The van der Waals surface area contributed by atoms with Gasteiger partial charge < -0.3 is 24.6 Å². The molecule has 1 aromatic carbocycles. The molecule has 3 heterocycles. The van der Waals surface area contributed by atoms with Crippen LogP contribution in [0.25, 0.3) is 0 Å². The fourth-order valence-electron chi connectivity index (χ4n) is 3.05. The van der Waals surface area contributed by atoms with Gasteiger partial charge in [0.25, 0.3) is 5.91 Å². The van der Waals surface area contributed by atoms with E-state index in [2.05, 4.69) is 20.2 Å². The Hall–Kier alpha value is -3.36. The highest BCUT2D eigenvalue weighted by molar-refractivity contribution is 5.97. The summed E-state index contributed by atoms with van der Waals surface area (Å²) in [5.41, 5.74) is 0.430. The summed E-state index contributed by atoms with van der Waals surface area (Å²) >= 11 is 0. The van der Waals surface area contributed by atoms with E-state index in [-0.39, 0.29) is 25.2 Å². The van der Waals surface area contributed by atoms with E-state index in [1.54, 1.807) is 41.7 Å². The molecule has 2 aliphatic heterocycles. The molecule has 0 spiro atoms. The van der Waals surface area contributed by atoms with E-state index in [1.807, 2.05) is 0 Å². The maximum atomic E-state index is 12.4. The summed E-state index contributed by atoms with van der Waals surface area (Å²) in [6.07, 6.45) is 4.99. The van der Waals surface area contributed by atoms with Crippen molar-refractivity contribution < 1.29 is 19.1 Å². The minimum Gasteiger partial charge on any atom is -0.454 e. The Morgan fingerprint density at radius 1 is 1.07 bits per heavy atom. The first kappa shape index (κ1) is 17.1. The zero-order valence-corrected chi connectivity index (χ0v) is 14.6. The predicted octanol–water partition coefficient (Wildman–Crippen LogP) is 0.284. The summed E-state index contributed by atoms with van der Waals surface area (Å²) in [4.78, 5) is 36.8. The molecular weight excluding hydrogens is 350 g/mol. The Kier molecular flexibility index (Phi) is 4.73. The summed E-state index contributed by atoms with van der Waals surface area (Å²) in [6.45, 7) is 2.63. The fourth-order valence-corrected chi connectivity index (χ4v) is 3.05. The highest BCUT2D eigenvalue weighted by atomic mass is 16.7. The topological polar surface area (TPSA) is 96.9 Å². The second-order valence-corrected chi connectivity index (χ2v) is 6.18. The smallest absolute Gasteiger partial charge is 0.251 e. The highest BCUT2D eigenvalue weighted by Crippen LogP contribution is 2.32. The number of rotatable bonds is 4. The van der Waals surface area contributed by atoms with Crippen LogP contribution in [0.3, 0.4) is 0 Å². The molecule has 0 atom stereocenters. The predicted molar refractivity (Wildman–Crippen MR) is 95.7 cm³/mol. The van der Waals surface area contributed by atoms with Crippen molar-refractivity contribution in [1.29, 1.82) is 0 Å². The first-order valence-electron chi connectivity index (χ1n) is 8.67. The molecule has 0 radical (unpaired) electrons. The molecule has 1 N–H and O–H groups in total. The van der Waals surface area contributed by atoms with E-state index in [9.17, 15) is 9.59 Å². The van der Waals surface area contributed by atoms with E-state index in [1.165, 1.54) is 0 Å². The van der Waals surface area contributed by atoms with Crippen LogP contribution in [0.5, 0.6) is 11.5 Å². The first-order valence-corrected chi connectivity index (χ1v) is 8.67. The molecule has 1 fully saturated rings. The van der Waals surface area contributed by atoms with E-state index >= 15 is 0 Å². The molecule has 0 aliphatic carbocycles. The van der Waals surface area contributed by atoms with Gasteiger partial charge in [0.15, 0.2) is 11.5 Å². The molecule has 27 heavy (non-hydrogen) atoms. The number of anilines is 1. The molecule has 140 valence electrons. The number of aromatic nitrogens is 2. The number of carbonyl (C=O) groups excluding carboxylic acids is 2. The van der Waals surface area contributed by atoms with E-state index in [4.69, 9.17) is 9.47 Å². The van der Waals surface area contributed by atoms with Crippen LogP contribution < -0.4 is 19.7 Å². The van der Waals surface area contributed by atoms with Gasteiger partial charge in [0.05, 0.1) is 12.7 Å². The van der Waals surface area contributed by atoms with Crippen molar-refractivity contribution in [1.82, 2.24) is 20.2 Å². The summed E-state index contributed by atoms with van der Waals surface area (Å²) in [5, 5.41) is 2.67. The largest absolute Gasteiger partial charge is 0.454 e. The average molecular weight is 369 g/mol. The average Bonchev–Trinajstić information content (AvgIpc) is 3.20. The van der Waals surface area contributed by atoms with Crippen molar-refractivity contribution in [3.8, 4) is 11.5 Å². The van der Waals surface area contributed by atoms with E-state index < -0.39 is 0 Å². The molecular formula is C18H19N5O4. The number of benzene rings is 1. The van der Waals surface area contributed by atoms with Crippen LogP contribution in [0.1, 0.15) is 10.4 Å². The quantitative estimate of drug-likeness (QED) is 0.827. The van der Waals surface area contributed by atoms with Crippen LogP contribution in [0, 0.1) is 0 Å². The van der Waals surface area contributed by atoms with Gasteiger partial charge in [0, 0.05) is 44.1 Å². The van der Waals surface area contributed by atoms with Gasteiger partial charge in [-0.1, -0.05) is 0 Å². The number of fused-ring (bicyclic) bond motifs is 1. The van der Waals surface area contributed by atoms with Crippen molar-refractivity contribution in [2.24, 2.45) is 0 Å². The third-order valence-corrected chi connectivity index (χ3v) is 4.54. The zero-order valence-electron chi connectivity index (χ0n) is 14.6. The van der Waals surface area contributed by atoms with Crippen molar-refractivity contribution in [3.63, 3.8) is 0 Å².